The number of esters is 1. The number of hydrogen-bond donors (Lipinski definition) is 1. The van der Waals surface area contributed by atoms with Gasteiger partial charge in [0.1, 0.15) is 0 Å². The molecule has 0 aliphatic heterocycles. The van der Waals surface area contributed by atoms with Crippen molar-refractivity contribution >= 4 is 11.9 Å². The number of carbonyl (C=O) groups is 2. The van der Waals surface area contributed by atoms with Crippen LogP contribution in [0.25, 0.3) is 0 Å². The number of hydrogen-bond acceptors (Lipinski definition) is 3. The number of benzene rings is 1. The molecule has 20 heavy (non-hydrogen) atoms. The highest BCUT2D eigenvalue weighted by atomic mass is 16.5. The summed E-state index contributed by atoms with van der Waals surface area (Å²) in [4.78, 5) is 20.4. The molecule has 0 saturated heterocycles. The summed E-state index contributed by atoms with van der Waals surface area (Å²) in [5.41, 5.74) is 1.61. The maximum absolute atomic E-state index is 11.2. The fraction of sp³-hybridized carbons (Fsp3) is 0.250. The van der Waals surface area contributed by atoms with Gasteiger partial charge >= 0.3 is 11.9 Å². The molecule has 0 bridgehead atoms. The van der Waals surface area contributed by atoms with E-state index in [0.717, 1.165) is 6.08 Å². The summed E-state index contributed by atoms with van der Waals surface area (Å²) in [5.74, 6) is -1.09. The minimum atomic E-state index is -0.981. The molecule has 0 aliphatic rings. The van der Waals surface area contributed by atoms with Crippen molar-refractivity contribution in [1.82, 2.24) is 0 Å². The lowest BCUT2D eigenvalue weighted by atomic mass is 10.0. The van der Waals surface area contributed by atoms with Crippen LogP contribution in [0.3, 0.4) is 0 Å². The molecule has 1 N–H and O–H groups in total. The molecule has 0 aliphatic carbocycles. The van der Waals surface area contributed by atoms with Crippen LogP contribution in [-0.4, -0.2) is 23.7 Å². The molecule has 1 aromatic carbocycles. The van der Waals surface area contributed by atoms with Crippen LogP contribution in [0.2, 0.25) is 0 Å². The molecule has 1 rings (SSSR count). The SMILES string of the molecule is C=C(C)C(=O)OCC(C)c1ccccc1.C=CC(=O)O. The van der Waals surface area contributed by atoms with Crippen LogP contribution in [0.4, 0.5) is 0 Å². The van der Waals surface area contributed by atoms with Crippen molar-refractivity contribution in [2.24, 2.45) is 0 Å². The number of ether oxygens (including phenoxy) is 1. The Hall–Kier alpha value is -2.36. The summed E-state index contributed by atoms with van der Waals surface area (Å²) in [7, 11) is 0. The fourth-order valence-electron chi connectivity index (χ4n) is 1.20. The third kappa shape index (κ3) is 7.87. The summed E-state index contributed by atoms with van der Waals surface area (Å²) in [6.07, 6.45) is 0.833. The van der Waals surface area contributed by atoms with Crippen molar-refractivity contribution in [2.75, 3.05) is 6.61 Å². The molecule has 0 fully saturated rings. The van der Waals surface area contributed by atoms with Gasteiger partial charge in [-0.1, -0.05) is 50.4 Å². The van der Waals surface area contributed by atoms with Gasteiger partial charge < -0.3 is 9.84 Å². The van der Waals surface area contributed by atoms with Crippen molar-refractivity contribution in [3.8, 4) is 0 Å². The highest BCUT2D eigenvalue weighted by Gasteiger charge is 2.09. The third-order valence-electron chi connectivity index (χ3n) is 2.36. The van der Waals surface area contributed by atoms with E-state index in [-0.39, 0.29) is 11.9 Å². The van der Waals surface area contributed by atoms with Crippen LogP contribution >= 0.6 is 0 Å². The zero-order valence-electron chi connectivity index (χ0n) is 11.8. The predicted molar refractivity (Wildman–Crippen MR) is 78.5 cm³/mol. The lowest BCUT2D eigenvalue weighted by Gasteiger charge is -2.12. The summed E-state index contributed by atoms with van der Waals surface area (Å²) in [6.45, 7) is 10.6. The van der Waals surface area contributed by atoms with E-state index in [1.807, 2.05) is 37.3 Å². The van der Waals surface area contributed by atoms with Crippen molar-refractivity contribution in [1.29, 1.82) is 0 Å². The molecule has 0 radical (unpaired) electrons. The molecule has 1 aromatic rings. The largest absolute Gasteiger partial charge is 0.478 e. The Bertz CT molecular complexity index is 463. The van der Waals surface area contributed by atoms with Gasteiger partial charge in [-0.15, -0.1) is 0 Å². The lowest BCUT2D eigenvalue weighted by molar-refractivity contribution is -0.139. The Balaban J connectivity index is 0.000000621. The monoisotopic (exact) mass is 276 g/mol. The minimum absolute atomic E-state index is 0.217. The van der Waals surface area contributed by atoms with Crippen molar-refractivity contribution < 1.29 is 19.4 Å². The second kappa shape index (κ2) is 9.55. The first-order chi connectivity index (χ1) is 9.38. The van der Waals surface area contributed by atoms with Gasteiger partial charge in [0, 0.05) is 17.6 Å². The van der Waals surface area contributed by atoms with Crippen LogP contribution in [0.1, 0.15) is 25.3 Å². The van der Waals surface area contributed by atoms with Crippen LogP contribution in [-0.2, 0) is 14.3 Å². The zero-order valence-corrected chi connectivity index (χ0v) is 11.8. The first-order valence-corrected chi connectivity index (χ1v) is 6.11. The summed E-state index contributed by atoms with van der Waals surface area (Å²) in [5, 5.41) is 7.60. The van der Waals surface area contributed by atoms with E-state index in [9.17, 15) is 9.59 Å². The van der Waals surface area contributed by atoms with E-state index in [1.54, 1.807) is 6.92 Å². The molecule has 0 aromatic heterocycles. The van der Waals surface area contributed by atoms with E-state index in [4.69, 9.17) is 9.84 Å². The predicted octanol–water partition coefficient (Wildman–Crippen LogP) is 3.17. The van der Waals surface area contributed by atoms with Gasteiger partial charge in [-0.2, -0.15) is 0 Å². The summed E-state index contributed by atoms with van der Waals surface area (Å²) < 4.78 is 5.08. The molecule has 4 nitrogen and oxygen atoms in total. The zero-order chi connectivity index (χ0) is 15.5. The molecule has 0 saturated carbocycles. The van der Waals surface area contributed by atoms with Crippen LogP contribution in [0, 0.1) is 0 Å². The Kier molecular flexibility index (Phi) is 8.43. The van der Waals surface area contributed by atoms with Crippen LogP contribution in [0.15, 0.2) is 55.1 Å². The van der Waals surface area contributed by atoms with E-state index >= 15 is 0 Å². The van der Waals surface area contributed by atoms with E-state index in [2.05, 4.69) is 13.2 Å². The number of rotatable bonds is 5. The van der Waals surface area contributed by atoms with Gasteiger partial charge in [-0.3, -0.25) is 0 Å². The highest BCUT2D eigenvalue weighted by molar-refractivity contribution is 5.86. The van der Waals surface area contributed by atoms with Crippen molar-refractivity contribution in [2.45, 2.75) is 19.8 Å². The quantitative estimate of drug-likeness (QED) is 0.662. The number of carboxylic acid groups (broad SMARTS) is 1. The van der Waals surface area contributed by atoms with Gasteiger partial charge in [0.05, 0.1) is 6.61 Å². The van der Waals surface area contributed by atoms with Crippen molar-refractivity contribution in [3.63, 3.8) is 0 Å². The highest BCUT2D eigenvalue weighted by Crippen LogP contribution is 2.14. The smallest absolute Gasteiger partial charge is 0.333 e. The van der Waals surface area contributed by atoms with Gasteiger partial charge in [0.15, 0.2) is 0 Å². The summed E-state index contributed by atoms with van der Waals surface area (Å²) >= 11 is 0. The number of carbonyl (C=O) groups excluding carboxylic acids is 1. The van der Waals surface area contributed by atoms with Crippen molar-refractivity contribution in [3.05, 3.63) is 60.7 Å². The molecule has 0 amide bonds. The first kappa shape index (κ1) is 17.6. The summed E-state index contributed by atoms with van der Waals surface area (Å²) in [6, 6.07) is 9.98. The first-order valence-electron chi connectivity index (χ1n) is 6.11. The Labute approximate surface area is 119 Å². The molecule has 108 valence electrons. The van der Waals surface area contributed by atoms with Gasteiger partial charge in [0.2, 0.25) is 0 Å². The second-order valence-electron chi connectivity index (χ2n) is 4.23. The molecule has 1 unspecified atom stereocenters. The molecule has 0 heterocycles. The Morgan fingerprint density at radius 2 is 1.85 bits per heavy atom. The molecule has 0 spiro atoms. The molecule has 4 heteroatoms. The van der Waals surface area contributed by atoms with E-state index in [0.29, 0.717) is 12.2 Å². The second-order valence-corrected chi connectivity index (χ2v) is 4.23. The van der Waals surface area contributed by atoms with E-state index < -0.39 is 5.97 Å². The average Bonchev–Trinajstić information content (AvgIpc) is 2.45. The topological polar surface area (TPSA) is 63.6 Å². The van der Waals surface area contributed by atoms with Crippen LogP contribution in [0.5, 0.6) is 0 Å². The normalized spacial score (nSPS) is 10.5. The Morgan fingerprint density at radius 1 is 1.35 bits per heavy atom. The number of aliphatic carboxylic acids is 1. The molecular formula is C16H20O4. The van der Waals surface area contributed by atoms with Gasteiger partial charge in [0.25, 0.3) is 0 Å². The van der Waals surface area contributed by atoms with Gasteiger partial charge in [-0.05, 0) is 12.5 Å². The average molecular weight is 276 g/mol. The maximum atomic E-state index is 11.2. The molecule has 1 atom stereocenters. The third-order valence-corrected chi connectivity index (χ3v) is 2.36. The minimum Gasteiger partial charge on any atom is -0.478 e. The van der Waals surface area contributed by atoms with E-state index in [1.165, 1.54) is 5.56 Å². The maximum Gasteiger partial charge on any atom is 0.333 e. The molecular weight excluding hydrogens is 256 g/mol. The van der Waals surface area contributed by atoms with Crippen LogP contribution < -0.4 is 0 Å². The number of carboxylic acids is 1. The standard InChI is InChI=1S/C13H16O2.C3H4O2/c1-10(2)13(14)15-9-11(3)12-7-5-4-6-8-12;1-2-3(4)5/h4-8,11H,1,9H2,2-3H3;2H,1H2,(H,4,5). The Morgan fingerprint density at radius 3 is 2.25 bits per heavy atom. The fourth-order valence-corrected chi connectivity index (χ4v) is 1.20. The van der Waals surface area contributed by atoms with Gasteiger partial charge in [-0.25, -0.2) is 9.59 Å². The lowest BCUT2D eigenvalue weighted by Crippen LogP contribution is -2.11.